The average Bonchev–Trinajstić information content (AvgIpc) is 2.85. The molecule has 0 atom stereocenters. The predicted molar refractivity (Wildman–Crippen MR) is 77.0 cm³/mol. The minimum absolute atomic E-state index is 0.0608. The number of rotatable bonds is 4. The summed E-state index contributed by atoms with van der Waals surface area (Å²) in [5.41, 5.74) is 1.02. The topological polar surface area (TPSA) is 59.5 Å². The van der Waals surface area contributed by atoms with Gasteiger partial charge in [0.05, 0.1) is 13.0 Å². The first-order chi connectivity index (χ1) is 10.2. The second kappa shape index (κ2) is 5.75. The van der Waals surface area contributed by atoms with Crippen molar-refractivity contribution in [2.45, 2.75) is 13.0 Å². The zero-order chi connectivity index (χ0) is 14.7. The molecule has 1 aliphatic rings. The van der Waals surface area contributed by atoms with E-state index >= 15 is 0 Å². The zero-order valence-electron chi connectivity index (χ0n) is 11.4. The number of ketones is 1. The molecule has 0 aliphatic carbocycles. The van der Waals surface area contributed by atoms with Crippen molar-refractivity contribution >= 4 is 17.5 Å². The number of Topliss-reactive ketones (excluding diaryl/α,β-unsaturated/α-hetero) is 1. The number of nitrogens with zero attached hydrogens (tertiary/aromatic N) is 2. The van der Waals surface area contributed by atoms with Crippen molar-refractivity contribution < 1.29 is 14.3 Å². The third-order valence-electron chi connectivity index (χ3n) is 3.23. The molecule has 5 nitrogen and oxygen atoms in total. The SMILES string of the molecule is O=C1CC(=O)N(c2ncccc2OCc2ccccc2)C1. The van der Waals surface area contributed by atoms with Crippen LogP contribution in [0, 0.1) is 0 Å². The third kappa shape index (κ3) is 2.91. The molecular weight excluding hydrogens is 268 g/mol. The monoisotopic (exact) mass is 282 g/mol. The molecule has 0 N–H and O–H groups in total. The Morgan fingerprint density at radius 1 is 1.10 bits per heavy atom. The molecule has 1 fully saturated rings. The molecule has 1 aromatic heterocycles. The van der Waals surface area contributed by atoms with E-state index in [1.165, 1.54) is 4.90 Å². The Bertz CT molecular complexity index is 670. The van der Waals surface area contributed by atoms with Gasteiger partial charge in [-0.1, -0.05) is 30.3 Å². The van der Waals surface area contributed by atoms with E-state index in [1.54, 1.807) is 18.3 Å². The van der Waals surface area contributed by atoms with Crippen LogP contribution >= 0.6 is 0 Å². The van der Waals surface area contributed by atoms with Crippen LogP contribution in [-0.2, 0) is 16.2 Å². The van der Waals surface area contributed by atoms with E-state index in [4.69, 9.17) is 4.74 Å². The lowest BCUT2D eigenvalue weighted by molar-refractivity contribution is -0.121. The lowest BCUT2D eigenvalue weighted by atomic mass is 10.2. The number of ether oxygens (including phenoxy) is 1. The highest BCUT2D eigenvalue weighted by atomic mass is 16.5. The number of hydrogen-bond donors (Lipinski definition) is 0. The number of hydrogen-bond acceptors (Lipinski definition) is 4. The van der Waals surface area contributed by atoms with Crippen LogP contribution in [0.3, 0.4) is 0 Å². The Labute approximate surface area is 122 Å². The summed E-state index contributed by atoms with van der Waals surface area (Å²) in [7, 11) is 0. The Balaban J connectivity index is 1.80. The maximum Gasteiger partial charge on any atom is 0.236 e. The average molecular weight is 282 g/mol. The van der Waals surface area contributed by atoms with Crippen molar-refractivity contribution in [3.8, 4) is 5.75 Å². The minimum Gasteiger partial charge on any atom is -0.485 e. The minimum atomic E-state index is -0.233. The van der Waals surface area contributed by atoms with Gasteiger partial charge in [-0.05, 0) is 17.7 Å². The fraction of sp³-hybridized carbons (Fsp3) is 0.188. The first kappa shape index (κ1) is 13.3. The fourth-order valence-electron chi connectivity index (χ4n) is 2.21. The van der Waals surface area contributed by atoms with Gasteiger partial charge in [-0.3, -0.25) is 14.5 Å². The van der Waals surface area contributed by atoms with Crippen LogP contribution in [0.15, 0.2) is 48.7 Å². The molecule has 0 saturated carbocycles. The summed E-state index contributed by atoms with van der Waals surface area (Å²) in [6.07, 6.45) is 1.52. The maximum atomic E-state index is 11.8. The van der Waals surface area contributed by atoms with Crippen LogP contribution in [0.5, 0.6) is 5.75 Å². The van der Waals surface area contributed by atoms with E-state index in [2.05, 4.69) is 4.98 Å². The number of carbonyl (C=O) groups excluding carboxylic acids is 2. The molecule has 0 spiro atoms. The third-order valence-corrected chi connectivity index (χ3v) is 3.23. The number of pyridine rings is 1. The molecular formula is C16H14N2O3. The van der Waals surface area contributed by atoms with Gasteiger partial charge in [-0.15, -0.1) is 0 Å². The van der Waals surface area contributed by atoms with Gasteiger partial charge in [-0.2, -0.15) is 0 Å². The van der Waals surface area contributed by atoms with E-state index in [-0.39, 0.29) is 24.7 Å². The van der Waals surface area contributed by atoms with Gasteiger partial charge in [0.15, 0.2) is 17.4 Å². The number of aromatic nitrogens is 1. The first-order valence-corrected chi connectivity index (χ1v) is 6.68. The molecule has 21 heavy (non-hydrogen) atoms. The molecule has 0 bridgehead atoms. The number of benzene rings is 1. The molecule has 3 rings (SSSR count). The number of carbonyl (C=O) groups is 2. The van der Waals surface area contributed by atoms with Crippen LogP contribution in [0.1, 0.15) is 12.0 Å². The van der Waals surface area contributed by atoms with Gasteiger partial charge < -0.3 is 4.74 Å². The van der Waals surface area contributed by atoms with Crippen molar-refractivity contribution in [1.82, 2.24) is 4.98 Å². The highest BCUT2D eigenvalue weighted by Gasteiger charge is 2.31. The summed E-state index contributed by atoms with van der Waals surface area (Å²) in [5.74, 6) is 0.580. The van der Waals surface area contributed by atoms with Crippen molar-refractivity contribution in [2.24, 2.45) is 0 Å². The molecule has 1 amide bonds. The summed E-state index contributed by atoms with van der Waals surface area (Å²) in [5, 5.41) is 0. The standard InChI is InChI=1S/C16H14N2O3/c19-13-9-15(20)18(10-13)16-14(7-4-8-17-16)21-11-12-5-2-1-3-6-12/h1-8H,9-11H2. The Kier molecular flexibility index (Phi) is 3.64. The van der Waals surface area contributed by atoms with Crippen LogP contribution in [0.2, 0.25) is 0 Å². The van der Waals surface area contributed by atoms with Gasteiger partial charge in [0.1, 0.15) is 6.61 Å². The molecule has 2 aromatic rings. The second-order valence-electron chi connectivity index (χ2n) is 4.79. The summed E-state index contributed by atoms with van der Waals surface area (Å²) >= 11 is 0. The van der Waals surface area contributed by atoms with E-state index in [0.29, 0.717) is 18.2 Å². The van der Waals surface area contributed by atoms with Crippen LogP contribution in [0.4, 0.5) is 5.82 Å². The van der Waals surface area contributed by atoms with Gasteiger partial charge in [0.25, 0.3) is 0 Å². The van der Waals surface area contributed by atoms with Crippen LogP contribution in [-0.4, -0.2) is 23.2 Å². The summed E-state index contributed by atoms with van der Waals surface area (Å²) in [6.45, 7) is 0.451. The summed E-state index contributed by atoms with van der Waals surface area (Å²) in [4.78, 5) is 28.8. The molecule has 1 aromatic carbocycles. The summed E-state index contributed by atoms with van der Waals surface area (Å²) < 4.78 is 5.75. The van der Waals surface area contributed by atoms with Gasteiger partial charge in [-0.25, -0.2) is 4.98 Å². The van der Waals surface area contributed by atoms with E-state index in [1.807, 2.05) is 30.3 Å². The van der Waals surface area contributed by atoms with Crippen molar-refractivity contribution in [3.05, 3.63) is 54.2 Å². The van der Waals surface area contributed by atoms with E-state index < -0.39 is 0 Å². The molecule has 106 valence electrons. The van der Waals surface area contributed by atoms with E-state index in [9.17, 15) is 9.59 Å². The number of anilines is 1. The largest absolute Gasteiger partial charge is 0.485 e. The van der Waals surface area contributed by atoms with Gasteiger partial charge >= 0.3 is 0 Å². The van der Waals surface area contributed by atoms with Crippen LogP contribution in [0.25, 0.3) is 0 Å². The molecule has 1 saturated heterocycles. The van der Waals surface area contributed by atoms with Crippen molar-refractivity contribution in [3.63, 3.8) is 0 Å². The highest BCUT2D eigenvalue weighted by molar-refractivity contribution is 6.15. The number of amides is 1. The Morgan fingerprint density at radius 3 is 2.62 bits per heavy atom. The molecule has 5 heteroatoms. The fourth-order valence-corrected chi connectivity index (χ4v) is 2.21. The normalized spacial score (nSPS) is 14.6. The lowest BCUT2D eigenvalue weighted by Gasteiger charge is -2.17. The Hall–Kier alpha value is -2.69. The van der Waals surface area contributed by atoms with Crippen LogP contribution < -0.4 is 9.64 Å². The van der Waals surface area contributed by atoms with E-state index in [0.717, 1.165) is 5.56 Å². The summed E-state index contributed by atoms with van der Waals surface area (Å²) in [6, 6.07) is 13.2. The zero-order valence-corrected chi connectivity index (χ0v) is 11.4. The first-order valence-electron chi connectivity index (χ1n) is 6.68. The second-order valence-corrected chi connectivity index (χ2v) is 4.79. The molecule has 0 radical (unpaired) electrons. The molecule has 1 aliphatic heterocycles. The van der Waals surface area contributed by atoms with Crippen molar-refractivity contribution in [1.29, 1.82) is 0 Å². The maximum absolute atomic E-state index is 11.8. The smallest absolute Gasteiger partial charge is 0.236 e. The van der Waals surface area contributed by atoms with Gasteiger partial charge in [0.2, 0.25) is 5.91 Å². The van der Waals surface area contributed by atoms with Gasteiger partial charge in [0, 0.05) is 6.20 Å². The quantitative estimate of drug-likeness (QED) is 0.804. The predicted octanol–water partition coefficient (Wildman–Crippen LogP) is 1.97. The molecule has 0 unspecified atom stereocenters. The Morgan fingerprint density at radius 2 is 1.90 bits per heavy atom. The highest BCUT2D eigenvalue weighted by Crippen LogP contribution is 2.28. The lowest BCUT2D eigenvalue weighted by Crippen LogP contribution is -2.26. The van der Waals surface area contributed by atoms with Crippen molar-refractivity contribution in [2.75, 3.05) is 11.4 Å². The molecule has 2 heterocycles.